The highest BCUT2D eigenvalue weighted by molar-refractivity contribution is 7.92. The van der Waals surface area contributed by atoms with Gasteiger partial charge in [-0.15, -0.1) is 0 Å². The van der Waals surface area contributed by atoms with E-state index in [9.17, 15) is 13.2 Å². The number of hydrogen-bond acceptors (Lipinski definition) is 4. The van der Waals surface area contributed by atoms with Crippen LogP contribution in [0.3, 0.4) is 0 Å². The van der Waals surface area contributed by atoms with Gasteiger partial charge in [-0.3, -0.25) is 4.79 Å². The predicted octanol–water partition coefficient (Wildman–Crippen LogP) is 3.25. The molecule has 2 aromatic rings. The fourth-order valence-electron chi connectivity index (χ4n) is 2.72. The van der Waals surface area contributed by atoms with Crippen LogP contribution in [0.25, 0.3) is 0 Å². The first-order chi connectivity index (χ1) is 10.6. The van der Waals surface area contributed by atoms with Crippen LogP contribution >= 0.6 is 0 Å². The topological polar surface area (TPSA) is 76.4 Å². The number of rotatable bonds is 4. The van der Waals surface area contributed by atoms with Gasteiger partial charge in [-0.1, -0.05) is 12.8 Å². The van der Waals surface area contributed by atoms with Crippen molar-refractivity contribution in [3.63, 3.8) is 0 Å². The third-order valence-corrected chi connectivity index (χ3v) is 6.24. The van der Waals surface area contributed by atoms with Gasteiger partial charge in [0.05, 0.1) is 22.0 Å². The summed E-state index contributed by atoms with van der Waals surface area (Å²) in [7, 11) is -3.25. The van der Waals surface area contributed by atoms with Crippen molar-refractivity contribution in [1.82, 2.24) is 0 Å². The Kier molecular flexibility index (Phi) is 4.02. The molecule has 1 saturated carbocycles. The van der Waals surface area contributed by atoms with Crippen LogP contribution in [0.4, 0.5) is 5.69 Å². The minimum Gasteiger partial charge on any atom is -0.472 e. The summed E-state index contributed by atoms with van der Waals surface area (Å²) in [6.45, 7) is 0. The maximum Gasteiger partial charge on any atom is 0.258 e. The summed E-state index contributed by atoms with van der Waals surface area (Å²) in [6, 6.07) is 7.89. The summed E-state index contributed by atoms with van der Waals surface area (Å²) < 4.78 is 29.8. The summed E-state index contributed by atoms with van der Waals surface area (Å²) in [6.07, 6.45) is 6.20. The lowest BCUT2D eigenvalue weighted by atomic mass is 10.3. The molecule has 1 aliphatic carbocycles. The number of anilines is 1. The summed E-state index contributed by atoms with van der Waals surface area (Å²) >= 11 is 0. The van der Waals surface area contributed by atoms with Crippen molar-refractivity contribution < 1.29 is 17.6 Å². The molecule has 0 bridgehead atoms. The second-order valence-electron chi connectivity index (χ2n) is 5.44. The van der Waals surface area contributed by atoms with Gasteiger partial charge in [0.15, 0.2) is 9.84 Å². The standard InChI is InChI=1S/C16H17NO4S/c18-16(12-9-10-21-11-12)17-13-5-7-15(8-6-13)22(19,20)14-3-1-2-4-14/h5-11,14H,1-4H2,(H,17,18). The molecule has 0 radical (unpaired) electrons. The van der Waals surface area contributed by atoms with Crippen molar-refractivity contribution >= 4 is 21.4 Å². The first kappa shape index (κ1) is 14.8. The molecule has 0 saturated heterocycles. The molecule has 0 aliphatic heterocycles. The number of furan rings is 1. The lowest BCUT2D eigenvalue weighted by Crippen LogP contribution is -2.18. The molecule has 0 unspecified atom stereocenters. The lowest BCUT2D eigenvalue weighted by molar-refractivity contribution is 0.102. The van der Waals surface area contributed by atoms with E-state index >= 15 is 0 Å². The Morgan fingerprint density at radius 1 is 1.09 bits per heavy atom. The van der Waals surface area contributed by atoms with Gasteiger partial charge in [0.2, 0.25) is 0 Å². The van der Waals surface area contributed by atoms with Gasteiger partial charge >= 0.3 is 0 Å². The van der Waals surface area contributed by atoms with Crippen molar-refractivity contribution in [2.75, 3.05) is 5.32 Å². The first-order valence-electron chi connectivity index (χ1n) is 7.25. The van der Waals surface area contributed by atoms with Gasteiger partial charge in [0.25, 0.3) is 5.91 Å². The average Bonchev–Trinajstić information content (AvgIpc) is 3.21. The van der Waals surface area contributed by atoms with Crippen molar-refractivity contribution in [3.8, 4) is 0 Å². The van der Waals surface area contributed by atoms with Gasteiger partial charge in [0.1, 0.15) is 6.26 Å². The van der Waals surface area contributed by atoms with Crippen LogP contribution in [0.5, 0.6) is 0 Å². The number of hydrogen-bond donors (Lipinski definition) is 1. The summed E-state index contributed by atoms with van der Waals surface area (Å²) in [5.41, 5.74) is 0.972. The van der Waals surface area contributed by atoms with E-state index in [2.05, 4.69) is 5.32 Å². The average molecular weight is 319 g/mol. The number of carbonyl (C=O) groups is 1. The molecule has 1 fully saturated rings. The molecule has 1 aromatic heterocycles. The third-order valence-electron chi connectivity index (χ3n) is 3.97. The molecule has 0 atom stereocenters. The Bertz CT molecular complexity index is 742. The minimum absolute atomic E-state index is 0.265. The Balaban J connectivity index is 1.74. The maximum absolute atomic E-state index is 12.5. The van der Waals surface area contributed by atoms with Crippen LogP contribution in [-0.4, -0.2) is 19.6 Å². The molecule has 5 nitrogen and oxygen atoms in total. The van der Waals surface area contributed by atoms with E-state index in [0.717, 1.165) is 25.7 Å². The second kappa shape index (κ2) is 5.96. The van der Waals surface area contributed by atoms with Gasteiger partial charge in [0, 0.05) is 5.69 Å². The molecule has 1 aliphatic rings. The molecular weight excluding hydrogens is 302 g/mol. The largest absolute Gasteiger partial charge is 0.472 e. The number of benzene rings is 1. The van der Waals surface area contributed by atoms with Gasteiger partial charge in [-0.25, -0.2) is 8.42 Å². The zero-order chi connectivity index (χ0) is 15.6. The number of nitrogens with one attached hydrogen (secondary N) is 1. The second-order valence-corrected chi connectivity index (χ2v) is 7.67. The molecule has 6 heteroatoms. The zero-order valence-corrected chi connectivity index (χ0v) is 12.8. The molecule has 116 valence electrons. The van der Waals surface area contributed by atoms with Crippen LogP contribution in [0.1, 0.15) is 36.0 Å². The zero-order valence-electron chi connectivity index (χ0n) is 12.0. The van der Waals surface area contributed by atoms with E-state index in [-0.39, 0.29) is 11.2 Å². The van der Waals surface area contributed by atoms with E-state index in [0.29, 0.717) is 16.1 Å². The lowest BCUT2D eigenvalue weighted by Gasteiger charge is -2.11. The monoisotopic (exact) mass is 319 g/mol. The quantitative estimate of drug-likeness (QED) is 0.938. The maximum atomic E-state index is 12.5. The highest BCUT2D eigenvalue weighted by atomic mass is 32.2. The summed E-state index contributed by atoms with van der Waals surface area (Å²) in [5.74, 6) is -0.292. The number of carbonyl (C=O) groups excluding carboxylic acids is 1. The van der Waals surface area contributed by atoms with Crippen LogP contribution in [0.15, 0.2) is 52.2 Å². The normalized spacial score (nSPS) is 15.8. The van der Waals surface area contributed by atoms with Gasteiger partial charge in [-0.05, 0) is 43.2 Å². The van der Waals surface area contributed by atoms with Crippen molar-refractivity contribution in [2.24, 2.45) is 0 Å². The van der Waals surface area contributed by atoms with Crippen LogP contribution in [0.2, 0.25) is 0 Å². The predicted molar refractivity (Wildman–Crippen MR) is 82.5 cm³/mol. The third kappa shape index (κ3) is 2.92. The molecule has 1 aromatic carbocycles. The molecular formula is C16H17NO4S. The molecule has 1 N–H and O–H groups in total. The van der Waals surface area contributed by atoms with E-state index < -0.39 is 9.84 Å². The fourth-order valence-corrected chi connectivity index (χ4v) is 4.57. The Morgan fingerprint density at radius 2 is 1.77 bits per heavy atom. The SMILES string of the molecule is O=C(Nc1ccc(S(=O)(=O)C2CCCC2)cc1)c1ccoc1. The Hall–Kier alpha value is -2.08. The van der Waals surface area contributed by atoms with Crippen molar-refractivity contribution in [3.05, 3.63) is 48.4 Å². The fraction of sp³-hybridized carbons (Fsp3) is 0.312. The molecule has 1 heterocycles. The van der Waals surface area contributed by atoms with Crippen molar-refractivity contribution in [2.45, 2.75) is 35.8 Å². The smallest absolute Gasteiger partial charge is 0.258 e. The Labute approximate surface area is 129 Å². The highest BCUT2D eigenvalue weighted by Gasteiger charge is 2.30. The number of sulfone groups is 1. The van der Waals surface area contributed by atoms with E-state index in [4.69, 9.17) is 4.42 Å². The van der Waals surface area contributed by atoms with Crippen LogP contribution < -0.4 is 5.32 Å². The summed E-state index contributed by atoms with van der Waals surface area (Å²) in [4.78, 5) is 12.2. The van der Waals surface area contributed by atoms with Crippen molar-refractivity contribution in [1.29, 1.82) is 0 Å². The van der Waals surface area contributed by atoms with Crippen LogP contribution in [0, 0.1) is 0 Å². The van der Waals surface area contributed by atoms with E-state index in [1.54, 1.807) is 30.3 Å². The van der Waals surface area contributed by atoms with Gasteiger partial charge < -0.3 is 9.73 Å². The molecule has 1 amide bonds. The van der Waals surface area contributed by atoms with Gasteiger partial charge in [-0.2, -0.15) is 0 Å². The number of amides is 1. The van der Waals surface area contributed by atoms with Crippen LogP contribution in [-0.2, 0) is 9.84 Å². The van der Waals surface area contributed by atoms with E-state index in [1.165, 1.54) is 12.5 Å². The highest BCUT2D eigenvalue weighted by Crippen LogP contribution is 2.30. The Morgan fingerprint density at radius 3 is 2.36 bits per heavy atom. The molecule has 22 heavy (non-hydrogen) atoms. The first-order valence-corrected chi connectivity index (χ1v) is 8.79. The molecule has 0 spiro atoms. The van der Waals surface area contributed by atoms with E-state index in [1.807, 2.05) is 0 Å². The molecule has 3 rings (SSSR count). The minimum atomic E-state index is -3.25. The summed E-state index contributed by atoms with van der Waals surface area (Å²) in [5, 5.41) is 2.43.